The molecule has 86 valence electrons. The summed E-state index contributed by atoms with van der Waals surface area (Å²) in [5.74, 6) is 0.620. The second-order valence-corrected chi connectivity index (χ2v) is 6.28. The van der Waals surface area contributed by atoms with Gasteiger partial charge in [0, 0.05) is 15.0 Å². The zero-order valence-corrected chi connectivity index (χ0v) is 11.8. The molecule has 16 heavy (non-hydrogen) atoms. The smallest absolute Gasteiger partial charge is 0.101 e. The van der Waals surface area contributed by atoms with Crippen LogP contribution in [0.25, 0.3) is 0 Å². The maximum absolute atomic E-state index is 9.21. The Hall–Kier alpha value is -0.590. The number of hydrogen-bond acceptors (Lipinski definition) is 3. The number of nitrogens with zero attached hydrogens (tertiary/aromatic N) is 1. The first kappa shape index (κ1) is 13.5. The molecule has 0 heterocycles. The molecule has 0 saturated carbocycles. The summed E-state index contributed by atoms with van der Waals surface area (Å²) >= 11 is 3.43. The highest BCUT2D eigenvalue weighted by Crippen LogP contribution is 2.34. The molecule has 0 fully saturated rings. The van der Waals surface area contributed by atoms with E-state index in [1.54, 1.807) is 23.5 Å². The number of thioether (sulfide) groups is 2. The molecule has 0 aliphatic carbocycles. The van der Waals surface area contributed by atoms with Crippen LogP contribution in [0.4, 0.5) is 0 Å². The molecule has 0 aliphatic heterocycles. The molecule has 1 atom stereocenters. The molecule has 1 nitrogen and oxygen atoms in total. The summed E-state index contributed by atoms with van der Waals surface area (Å²) in [5, 5.41) is 9.74. The van der Waals surface area contributed by atoms with Crippen molar-refractivity contribution in [1.29, 1.82) is 5.26 Å². The molecular formula is C13H17NS2. The average Bonchev–Trinajstić information content (AvgIpc) is 2.28. The van der Waals surface area contributed by atoms with Crippen LogP contribution in [0.5, 0.6) is 0 Å². The Morgan fingerprint density at radius 3 is 2.31 bits per heavy atom. The van der Waals surface area contributed by atoms with E-state index in [9.17, 15) is 5.26 Å². The van der Waals surface area contributed by atoms with E-state index in [1.165, 1.54) is 0 Å². The van der Waals surface area contributed by atoms with Crippen LogP contribution in [-0.4, -0.2) is 11.5 Å². The minimum absolute atomic E-state index is 0.532. The minimum Gasteiger partial charge on any atom is -0.192 e. The van der Waals surface area contributed by atoms with Crippen molar-refractivity contribution < 1.29 is 0 Å². The van der Waals surface area contributed by atoms with Crippen molar-refractivity contribution in [1.82, 2.24) is 0 Å². The van der Waals surface area contributed by atoms with Gasteiger partial charge in [-0.2, -0.15) is 5.26 Å². The van der Waals surface area contributed by atoms with Crippen molar-refractivity contribution in [2.24, 2.45) is 5.92 Å². The van der Waals surface area contributed by atoms with Crippen LogP contribution < -0.4 is 0 Å². The van der Waals surface area contributed by atoms with Gasteiger partial charge in [0.2, 0.25) is 0 Å². The lowest BCUT2D eigenvalue weighted by molar-refractivity contribution is 0.642. The molecule has 0 aliphatic rings. The zero-order chi connectivity index (χ0) is 12.1. The van der Waals surface area contributed by atoms with Gasteiger partial charge >= 0.3 is 0 Å². The molecule has 1 unspecified atom stereocenters. The fourth-order valence-corrected chi connectivity index (χ4v) is 2.97. The third-order valence-electron chi connectivity index (χ3n) is 2.57. The molecule has 1 aromatic carbocycles. The van der Waals surface area contributed by atoms with Crippen molar-refractivity contribution in [3.63, 3.8) is 0 Å². The van der Waals surface area contributed by atoms with Crippen LogP contribution in [0.2, 0.25) is 0 Å². The Kier molecular flexibility index (Phi) is 5.24. The molecule has 0 bridgehead atoms. The lowest BCUT2D eigenvalue weighted by Crippen LogP contribution is -2.05. The van der Waals surface area contributed by atoms with Gasteiger partial charge in [-0.15, -0.1) is 23.5 Å². The molecule has 0 amide bonds. The van der Waals surface area contributed by atoms with E-state index < -0.39 is 0 Å². The normalized spacial score (nSPS) is 12.5. The van der Waals surface area contributed by atoms with Crippen LogP contribution in [0, 0.1) is 17.2 Å². The molecule has 1 aromatic rings. The quantitative estimate of drug-likeness (QED) is 0.740. The molecule has 0 radical (unpaired) electrons. The van der Waals surface area contributed by atoms with Crippen LogP contribution in [-0.2, 0) is 0 Å². The van der Waals surface area contributed by atoms with Gasteiger partial charge in [-0.05, 0) is 24.3 Å². The number of benzene rings is 1. The summed E-state index contributed by atoms with van der Waals surface area (Å²) in [7, 11) is 0. The third kappa shape index (κ3) is 3.20. The summed E-state index contributed by atoms with van der Waals surface area (Å²) in [6.45, 7) is 6.63. The van der Waals surface area contributed by atoms with Gasteiger partial charge < -0.3 is 0 Å². The largest absolute Gasteiger partial charge is 0.192 e. The lowest BCUT2D eigenvalue weighted by Gasteiger charge is -2.16. The van der Waals surface area contributed by atoms with Gasteiger partial charge in [0.1, 0.15) is 6.07 Å². The maximum atomic E-state index is 9.21. The van der Waals surface area contributed by atoms with Crippen molar-refractivity contribution in [3.8, 4) is 6.07 Å². The Morgan fingerprint density at radius 2 is 1.81 bits per heavy atom. The highest BCUT2D eigenvalue weighted by atomic mass is 32.2. The van der Waals surface area contributed by atoms with Crippen LogP contribution in [0.3, 0.4) is 0 Å². The van der Waals surface area contributed by atoms with E-state index in [0.717, 1.165) is 15.4 Å². The molecule has 0 saturated heterocycles. The van der Waals surface area contributed by atoms with Crippen molar-refractivity contribution in [2.45, 2.75) is 35.8 Å². The minimum atomic E-state index is 0.532. The Morgan fingerprint density at radius 1 is 1.19 bits per heavy atom. The second kappa shape index (κ2) is 6.22. The Labute approximate surface area is 107 Å². The highest BCUT2D eigenvalue weighted by Gasteiger charge is 2.13. The van der Waals surface area contributed by atoms with Crippen molar-refractivity contribution in [2.75, 3.05) is 6.26 Å². The van der Waals surface area contributed by atoms with Gasteiger partial charge in [0.25, 0.3) is 0 Å². The summed E-state index contributed by atoms with van der Waals surface area (Å²) in [4.78, 5) is 2.18. The third-order valence-corrected chi connectivity index (χ3v) is 4.86. The van der Waals surface area contributed by atoms with Crippen LogP contribution >= 0.6 is 23.5 Å². The van der Waals surface area contributed by atoms with Crippen molar-refractivity contribution in [3.05, 3.63) is 23.8 Å². The first-order valence-electron chi connectivity index (χ1n) is 5.34. The zero-order valence-electron chi connectivity index (χ0n) is 10.2. The summed E-state index contributed by atoms with van der Waals surface area (Å²) < 4.78 is 0. The van der Waals surface area contributed by atoms with E-state index in [4.69, 9.17) is 0 Å². The highest BCUT2D eigenvalue weighted by molar-refractivity contribution is 8.00. The summed E-state index contributed by atoms with van der Waals surface area (Å²) in [6.07, 6.45) is 2.01. The fourth-order valence-electron chi connectivity index (χ4n) is 1.23. The van der Waals surface area contributed by atoms with Crippen LogP contribution in [0.1, 0.15) is 26.3 Å². The predicted molar refractivity (Wildman–Crippen MR) is 73.1 cm³/mol. The second-order valence-electron chi connectivity index (χ2n) is 4.01. The van der Waals surface area contributed by atoms with Gasteiger partial charge in [-0.25, -0.2) is 0 Å². The Balaban J connectivity index is 3.01. The molecular weight excluding hydrogens is 234 g/mol. The predicted octanol–water partition coefficient (Wildman–Crippen LogP) is 4.42. The summed E-state index contributed by atoms with van der Waals surface area (Å²) in [5.41, 5.74) is 0.826. The monoisotopic (exact) mass is 251 g/mol. The molecule has 0 spiro atoms. The van der Waals surface area contributed by atoms with E-state index in [1.807, 2.05) is 24.5 Å². The number of hydrogen-bond donors (Lipinski definition) is 0. The van der Waals surface area contributed by atoms with Gasteiger partial charge in [-0.3, -0.25) is 0 Å². The topological polar surface area (TPSA) is 23.8 Å². The molecule has 3 heteroatoms. The molecule has 1 rings (SSSR count). The fraction of sp³-hybridized carbons (Fsp3) is 0.462. The van der Waals surface area contributed by atoms with E-state index >= 15 is 0 Å². The van der Waals surface area contributed by atoms with Gasteiger partial charge in [0.15, 0.2) is 0 Å². The Bertz CT molecular complexity index is 393. The number of rotatable bonds is 4. The van der Waals surface area contributed by atoms with E-state index in [0.29, 0.717) is 11.2 Å². The summed E-state index contributed by atoms with van der Waals surface area (Å²) in [6, 6.07) is 8.40. The molecule has 0 aromatic heterocycles. The van der Waals surface area contributed by atoms with E-state index in [2.05, 4.69) is 26.8 Å². The average molecular weight is 251 g/mol. The van der Waals surface area contributed by atoms with Gasteiger partial charge in [0.05, 0.1) is 5.56 Å². The first-order valence-corrected chi connectivity index (χ1v) is 7.44. The van der Waals surface area contributed by atoms with Crippen LogP contribution in [0.15, 0.2) is 28.0 Å². The van der Waals surface area contributed by atoms with E-state index in [-0.39, 0.29) is 0 Å². The standard InChI is InChI=1S/C13H17NS2/c1-9(2)10(3)16-13-7-5-6-12(15-4)11(13)8-14/h5-7,9-10H,1-4H3. The SMILES string of the molecule is CSc1cccc(SC(C)C(C)C)c1C#N. The van der Waals surface area contributed by atoms with Gasteiger partial charge in [-0.1, -0.05) is 26.8 Å². The first-order chi connectivity index (χ1) is 7.60. The molecule has 0 N–H and O–H groups in total. The lowest BCUT2D eigenvalue weighted by atomic mass is 10.2. The maximum Gasteiger partial charge on any atom is 0.101 e. The number of nitriles is 1. The van der Waals surface area contributed by atoms with Crippen molar-refractivity contribution >= 4 is 23.5 Å².